The molecule has 1 rings (SSSR count). The number of ether oxygens (including phenoxy) is 1. The summed E-state index contributed by atoms with van der Waals surface area (Å²) < 4.78 is 5.25. The van der Waals surface area contributed by atoms with Gasteiger partial charge in [-0.25, -0.2) is 0 Å². The van der Waals surface area contributed by atoms with E-state index in [0.717, 1.165) is 0 Å². The van der Waals surface area contributed by atoms with Crippen molar-refractivity contribution in [3.8, 4) is 5.75 Å². The number of nitrogens with one attached hydrogen (secondary N) is 1. The van der Waals surface area contributed by atoms with Crippen LogP contribution in [0.25, 0.3) is 0 Å². The summed E-state index contributed by atoms with van der Waals surface area (Å²) in [6, 6.07) is 4.80. The number of aliphatic hydroxyl groups is 1. The van der Waals surface area contributed by atoms with Crippen LogP contribution in [-0.4, -0.2) is 48.8 Å². The van der Waals surface area contributed by atoms with Crippen LogP contribution < -0.4 is 15.8 Å². The second-order valence-electron chi connectivity index (χ2n) is 5.49. The molecular weight excluding hydrogens is 282 g/mol. The fourth-order valence-corrected chi connectivity index (χ4v) is 2.53. The van der Waals surface area contributed by atoms with Crippen molar-refractivity contribution in [1.29, 1.82) is 0 Å². The largest absolute Gasteiger partial charge is 0.494 e. The topological polar surface area (TPSA) is 87.8 Å². The number of carbonyl (C=O) groups is 1. The number of amides is 1. The van der Waals surface area contributed by atoms with Gasteiger partial charge in [-0.3, -0.25) is 9.69 Å². The standard InChI is InChI=1S/C16H27N3O3/c1-5-19(8-9-20)15(11(2)3)16(21)18-13-7-6-12(17)10-14(13)22-4/h6-7,10-11,15,20H,5,8-9,17H2,1-4H3,(H,18,21). The molecule has 0 heterocycles. The van der Waals surface area contributed by atoms with Gasteiger partial charge >= 0.3 is 0 Å². The summed E-state index contributed by atoms with van der Waals surface area (Å²) in [4.78, 5) is 14.6. The zero-order chi connectivity index (χ0) is 16.7. The number of aliphatic hydroxyl groups excluding tert-OH is 1. The first kappa shape index (κ1) is 18.3. The lowest BCUT2D eigenvalue weighted by Gasteiger charge is -2.32. The summed E-state index contributed by atoms with van der Waals surface area (Å²) in [6.07, 6.45) is 0. The zero-order valence-electron chi connectivity index (χ0n) is 13.8. The van der Waals surface area contributed by atoms with Crippen LogP contribution in [0, 0.1) is 5.92 Å². The van der Waals surface area contributed by atoms with E-state index in [-0.39, 0.29) is 24.5 Å². The van der Waals surface area contributed by atoms with E-state index in [1.807, 2.05) is 25.7 Å². The van der Waals surface area contributed by atoms with Crippen molar-refractivity contribution in [2.75, 3.05) is 37.9 Å². The molecular formula is C16H27N3O3. The summed E-state index contributed by atoms with van der Waals surface area (Å²) in [5.41, 5.74) is 6.89. The van der Waals surface area contributed by atoms with Gasteiger partial charge in [0.2, 0.25) is 5.91 Å². The predicted molar refractivity (Wildman–Crippen MR) is 89.0 cm³/mol. The number of anilines is 2. The van der Waals surface area contributed by atoms with Crippen molar-refractivity contribution in [2.24, 2.45) is 5.92 Å². The lowest BCUT2D eigenvalue weighted by molar-refractivity contribution is -0.123. The van der Waals surface area contributed by atoms with Crippen LogP contribution in [0.3, 0.4) is 0 Å². The van der Waals surface area contributed by atoms with Crippen molar-refractivity contribution >= 4 is 17.3 Å². The number of likely N-dealkylation sites (N-methyl/N-ethyl adjacent to an activating group) is 1. The minimum absolute atomic E-state index is 0.0233. The number of benzene rings is 1. The van der Waals surface area contributed by atoms with Crippen LogP contribution in [0.5, 0.6) is 5.75 Å². The minimum Gasteiger partial charge on any atom is -0.494 e. The Morgan fingerprint density at radius 1 is 1.45 bits per heavy atom. The molecule has 1 amide bonds. The Hall–Kier alpha value is -1.79. The maximum Gasteiger partial charge on any atom is 0.242 e. The molecule has 22 heavy (non-hydrogen) atoms. The van der Waals surface area contributed by atoms with Gasteiger partial charge in [-0.15, -0.1) is 0 Å². The molecule has 1 aromatic rings. The Bertz CT molecular complexity index is 492. The first-order chi connectivity index (χ1) is 10.4. The molecule has 1 aromatic carbocycles. The first-order valence-electron chi connectivity index (χ1n) is 7.53. The first-order valence-corrected chi connectivity index (χ1v) is 7.53. The third-order valence-electron chi connectivity index (χ3n) is 3.57. The van der Waals surface area contributed by atoms with Gasteiger partial charge in [0.1, 0.15) is 5.75 Å². The van der Waals surface area contributed by atoms with Crippen LogP contribution in [0.4, 0.5) is 11.4 Å². The maximum atomic E-state index is 12.7. The number of hydrogen-bond donors (Lipinski definition) is 3. The van der Waals surface area contributed by atoms with Gasteiger partial charge in [0.05, 0.1) is 25.4 Å². The number of rotatable bonds is 8. The van der Waals surface area contributed by atoms with E-state index < -0.39 is 0 Å². The Kier molecular flexibility index (Phi) is 7.14. The molecule has 0 aliphatic carbocycles. The number of methoxy groups -OCH3 is 1. The van der Waals surface area contributed by atoms with Gasteiger partial charge in [0.15, 0.2) is 0 Å². The third kappa shape index (κ3) is 4.61. The van der Waals surface area contributed by atoms with Crippen molar-refractivity contribution in [3.05, 3.63) is 18.2 Å². The molecule has 0 radical (unpaired) electrons. The molecule has 0 aliphatic heterocycles. The van der Waals surface area contributed by atoms with E-state index in [9.17, 15) is 9.90 Å². The lowest BCUT2D eigenvalue weighted by Crippen LogP contribution is -2.48. The maximum absolute atomic E-state index is 12.7. The predicted octanol–water partition coefficient (Wildman–Crippen LogP) is 1.55. The highest BCUT2D eigenvalue weighted by atomic mass is 16.5. The van der Waals surface area contributed by atoms with Gasteiger partial charge in [-0.1, -0.05) is 20.8 Å². The Morgan fingerprint density at radius 3 is 2.64 bits per heavy atom. The summed E-state index contributed by atoms with van der Waals surface area (Å²) in [6.45, 7) is 7.13. The summed E-state index contributed by atoms with van der Waals surface area (Å²) in [5.74, 6) is 0.528. The molecule has 4 N–H and O–H groups in total. The minimum atomic E-state index is -0.320. The summed E-state index contributed by atoms with van der Waals surface area (Å²) >= 11 is 0. The molecule has 6 heteroatoms. The number of carbonyl (C=O) groups excluding carboxylic acids is 1. The number of nitrogen functional groups attached to an aromatic ring is 1. The molecule has 1 unspecified atom stereocenters. The van der Waals surface area contributed by atoms with Gasteiger partial charge in [-0.05, 0) is 24.6 Å². The van der Waals surface area contributed by atoms with Crippen LogP contribution in [0.2, 0.25) is 0 Å². The number of hydrogen-bond acceptors (Lipinski definition) is 5. The van der Waals surface area contributed by atoms with Crippen LogP contribution in [0.1, 0.15) is 20.8 Å². The molecule has 0 spiro atoms. The van der Waals surface area contributed by atoms with E-state index in [1.54, 1.807) is 18.2 Å². The van der Waals surface area contributed by atoms with Crippen molar-refractivity contribution in [3.63, 3.8) is 0 Å². The van der Waals surface area contributed by atoms with Gasteiger partial charge < -0.3 is 20.9 Å². The molecule has 0 aliphatic rings. The van der Waals surface area contributed by atoms with Crippen molar-refractivity contribution in [2.45, 2.75) is 26.8 Å². The molecule has 124 valence electrons. The van der Waals surface area contributed by atoms with Crippen LogP contribution in [-0.2, 0) is 4.79 Å². The Labute approximate surface area is 132 Å². The second kappa shape index (κ2) is 8.60. The SMILES string of the molecule is CCN(CCO)C(C(=O)Nc1ccc(N)cc1OC)C(C)C. The van der Waals surface area contributed by atoms with Crippen LogP contribution in [0.15, 0.2) is 18.2 Å². The Balaban J connectivity index is 2.96. The highest BCUT2D eigenvalue weighted by Gasteiger charge is 2.28. The van der Waals surface area contributed by atoms with Gasteiger partial charge in [0.25, 0.3) is 0 Å². The van der Waals surface area contributed by atoms with E-state index >= 15 is 0 Å². The molecule has 0 saturated carbocycles. The smallest absolute Gasteiger partial charge is 0.242 e. The molecule has 0 bridgehead atoms. The van der Waals surface area contributed by atoms with Gasteiger partial charge in [-0.2, -0.15) is 0 Å². The summed E-state index contributed by atoms with van der Waals surface area (Å²) in [5, 5.41) is 12.1. The monoisotopic (exact) mass is 309 g/mol. The third-order valence-corrected chi connectivity index (χ3v) is 3.57. The van der Waals surface area contributed by atoms with E-state index in [2.05, 4.69) is 5.32 Å². The molecule has 1 atom stereocenters. The molecule has 0 aromatic heterocycles. The van der Waals surface area contributed by atoms with Crippen molar-refractivity contribution in [1.82, 2.24) is 4.90 Å². The van der Waals surface area contributed by atoms with Gasteiger partial charge in [0, 0.05) is 18.3 Å². The Morgan fingerprint density at radius 2 is 2.14 bits per heavy atom. The molecule has 0 saturated heterocycles. The number of nitrogens with two attached hydrogens (primary N) is 1. The average Bonchev–Trinajstić information content (AvgIpc) is 2.48. The van der Waals surface area contributed by atoms with E-state index in [4.69, 9.17) is 10.5 Å². The highest BCUT2D eigenvalue weighted by Crippen LogP contribution is 2.27. The normalized spacial score (nSPS) is 12.5. The fourth-order valence-electron chi connectivity index (χ4n) is 2.53. The average molecular weight is 309 g/mol. The number of nitrogens with zero attached hydrogens (tertiary/aromatic N) is 1. The fraction of sp³-hybridized carbons (Fsp3) is 0.562. The molecule has 6 nitrogen and oxygen atoms in total. The zero-order valence-corrected chi connectivity index (χ0v) is 13.8. The second-order valence-corrected chi connectivity index (χ2v) is 5.49. The highest BCUT2D eigenvalue weighted by molar-refractivity contribution is 5.96. The van der Waals surface area contributed by atoms with E-state index in [0.29, 0.717) is 30.2 Å². The van der Waals surface area contributed by atoms with Crippen molar-refractivity contribution < 1.29 is 14.6 Å². The van der Waals surface area contributed by atoms with E-state index in [1.165, 1.54) is 7.11 Å². The summed E-state index contributed by atoms with van der Waals surface area (Å²) in [7, 11) is 1.54. The lowest BCUT2D eigenvalue weighted by atomic mass is 10.0. The quantitative estimate of drug-likeness (QED) is 0.634. The molecule has 0 fully saturated rings. The van der Waals surface area contributed by atoms with Crippen LogP contribution >= 0.6 is 0 Å².